The fourth-order valence-electron chi connectivity index (χ4n) is 9.60. The molecular weight excluding hydrogens is 1100 g/mol. The summed E-state index contributed by atoms with van der Waals surface area (Å²) in [7, 11) is 5.96. The highest BCUT2D eigenvalue weighted by Gasteiger charge is 2.25. The average Bonchev–Trinajstić information content (AvgIpc) is 3.64. The molecule has 0 aromatic heterocycles. The van der Waals surface area contributed by atoms with Crippen molar-refractivity contribution in [2.24, 2.45) is 0 Å². The summed E-state index contributed by atoms with van der Waals surface area (Å²) in [4.78, 5) is 37.6. The molecule has 0 aromatic rings. The summed E-state index contributed by atoms with van der Waals surface area (Å²) in [5.41, 5.74) is 0. The Bertz CT molecular complexity index is 1970. The Hall–Kier alpha value is -4.83. The molecule has 2 unspecified atom stereocenters. The van der Waals surface area contributed by atoms with Crippen molar-refractivity contribution in [2.75, 3.05) is 47.5 Å². The number of rotatable bonds is 65. The van der Waals surface area contributed by atoms with Crippen molar-refractivity contribution in [3.05, 3.63) is 146 Å². The van der Waals surface area contributed by atoms with Gasteiger partial charge in [0.15, 0.2) is 6.10 Å². The fourth-order valence-corrected chi connectivity index (χ4v) is 9.60. The third-order valence-electron chi connectivity index (χ3n) is 15.1. The van der Waals surface area contributed by atoms with E-state index in [2.05, 4.69) is 160 Å². The van der Waals surface area contributed by atoms with E-state index in [1.807, 2.05) is 21.1 Å². The number of carboxylic acids is 1. The molecule has 506 valence electrons. The van der Waals surface area contributed by atoms with E-state index in [4.69, 9.17) is 18.9 Å². The zero-order valence-corrected chi connectivity index (χ0v) is 57.8. The van der Waals surface area contributed by atoms with E-state index in [1.54, 1.807) is 0 Å². The largest absolute Gasteiger partial charge is 0.477 e. The minimum absolute atomic E-state index is 0.174. The van der Waals surface area contributed by atoms with Gasteiger partial charge in [0.2, 0.25) is 0 Å². The maximum atomic E-state index is 12.9. The smallest absolute Gasteiger partial charge is 0.361 e. The van der Waals surface area contributed by atoms with Gasteiger partial charge < -0.3 is 28.5 Å². The van der Waals surface area contributed by atoms with Crippen LogP contribution in [0.25, 0.3) is 0 Å². The third kappa shape index (κ3) is 70.5. The first-order valence-electron chi connectivity index (χ1n) is 36.0. The molecule has 89 heavy (non-hydrogen) atoms. The SMILES string of the molecule is CC/C=C\C/C=C\C/C=C\C/C=C\C/C=C\C/C=C\C/C=C\C/C=C\C/C=C\CCCCCC(=O)OC(COC(=O)CCCCCCCCCCCCCCCCCCCC/C=C\C/C=C\C/C=C\CCCCCCC)COC(OCC[N+](C)(C)C)C(=O)O. The topological polar surface area (TPSA) is 108 Å². The van der Waals surface area contributed by atoms with E-state index < -0.39 is 24.3 Å². The van der Waals surface area contributed by atoms with E-state index >= 15 is 0 Å². The Morgan fingerprint density at radius 3 is 0.966 bits per heavy atom. The maximum Gasteiger partial charge on any atom is 0.361 e. The molecule has 0 aliphatic rings. The number of carbonyl (C=O) groups is 3. The maximum absolute atomic E-state index is 12.9. The summed E-state index contributed by atoms with van der Waals surface area (Å²) < 4.78 is 22.9. The number of nitrogens with zero attached hydrogens (tertiary/aromatic N) is 1. The van der Waals surface area contributed by atoms with Gasteiger partial charge in [-0.25, -0.2) is 4.79 Å². The second-order valence-corrected chi connectivity index (χ2v) is 24.8. The summed E-state index contributed by atoms with van der Waals surface area (Å²) >= 11 is 0. The Balaban J connectivity index is 4.20. The molecule has 0 amide bonds. The zero-order chi connectivity index (χ0) is 64.7. The van der Waals surface area contributed by atoms with Gasteiger partial charge in [-0.1, -0.05) is 295 Å². The molecule has 0 saturated heterocycles. The molecule has 0 radical (unpaired) electrons. The number of allylic oxidation sites excluding steroid dienone is 24. The number of quaternary nitrogens is 1. The number of likely N-dealkylation sites (N-methyl/N-ethyl adjacent to an activating group) is 1. The van der Waals surface area contributed by atoms with Gasteiger partial charge in [-0.2, -0.15) is 0 Å². The Morgan fingerprint density at radius 2 is 0.640 bits per heavy atom. The van der Waals surface area contributed by atoms with E-state index in [0.717, 1.165) is 109 Å². The average molecular weight is 1240 g/mol. The fraction of sp³-hybridized carbons (Fsp3) is 0.662. The van der Waals surface area contributed by atoms with Crippen LogP contribution in [-0.2, 0) is 33.3 Å². The van der Waals surface area contributed by atoms with Crippen LogP contribution < -0.4 is 0 Å². The molecule has 0 fully saturated rings. The van der Waals surface area contributed by atoms with E-state index in [-0.39, 0.29) is 38.6 Å². The van der Waals surface area contributed by atoms with E-state index in [9.17, 15) is 19.5 Å². The lowest BCUT2D eigenvalue weighted by Crippen LogP contribution is -2.40. The van der Waals surface area contributed by atoms with E-state index in [0.29, 0.717) is 17.4 Å². The molecule has 9 nitrogen and oxygen atoms in total. The second kappa shape index (κ2) is 69.1. The summed E-state index contributed by atoms with van der Waals surface area (Å²) in [5, 5.41) is 9.75. The van der Waals surface area contributed by atoms with Crippen LogP contribution in [0.15, 0.2) is 146 Å². The van der Waals surface area contributed by atoms with Crippen LogP contribution >= 0.6 is 0 Å². The highest BCUT2D eigenvalue weighted by molar-refractivity contribution is 5.71. The van der Waals surface area contributed by atoms with Crippen LogP contribution in [-0.4, -0.2) is 87.4 Å². The van der Waals surface area contributed by atoms with Gasteiger partial charge in [0.25, 0.3) is 6.29 Å². The minimum atomic E-state index is -1.53. The van der Waals surface area contributed by atoms with Crippen molar-refractivity contribution >= 4 is 17.9 Å². The van der Waals surface area contributed by atoms with Crippen molar-refractivity contribution < 1.29 is 42.9 Å². The monoisotopic (exact) mass is 1240 g/mol. The van der Waals surface area contributed by atoms with Crippen LogP contribution in [0.5, 0.6) is 0 Å². The lowest BCUT2D eigenvalue weighted by molar-refractivity contribution is -0.870. The number of carboxylic acid groups (broad SMARTS) is 1. The van der Waals surface area contributed by atoms with Crippen molar-refractivity contribution in [3.8, 4) is 0 Å². The number of unbranched alkanes of at least 4 members (excludes halogenated alkanes) is 26. The zero-order valence-electron chi connectivity index (χ0n) is 57.8. The van der Waals surface area contributed by atoms with Crippen molar-refractivity contribution in [1.82, 2.24) is 0 Å². The standard InChI is InChI=1S/C80H133NO8/c1-6-8-10-12-14-16-18-20-22-24-26-28-30-32-34-36-38-39-41-42-44-46-48-50-52-54-56-58-60-62-64-66-68-70-77(82)87-74-76(75-88-80(79(84)85)86-73-72-81(3,4)5)89-78(83)71-69-67-65-63-61-59-57-55-53-51-49-47-45-43-40-37-35-33-31-29-27-25-23-21-19-17-15-13-11-9-7-2/h9,11,15,17-18,20-21,23-24,26-27,29-30,32-33,35,40,43,47,49,53,55,59,61,76,80H,6-8,10,12-14,16,19,22,25,28,31,34,36-39,41-42,44-46,48,50-52,54,56-58,60,62-75H2,1-5H3/p+1/b11-9-,17-15-,20-18-,23-21-,26-24-,29-27-,32-30-,35-33-,43-40-,49-47-,55-53-,61-59-. The van der Waals surface area contributed by atoms with Gasteiger partial charge in [-0.3, -0.25) is 9.59 Å². The van der Waals surface area contributed by atoms with Gasteiger partial charge in [0, 0.05) is 12.8 Å². The Labute approximate surface area is 547 Å². The molecule has 0 aromatic carbocycles. The highest BCUT2D eigenvalue weighted by atomic mass is 16.7. The minimum Gasteiger partial charge on any atom is -0.477 e. The Kier molecular flexibility index (Phi) is 65.3. The number of carbonyl (C=O) groups excluding carboxylic acids is 2. The predicted octanol–water partition coefficient (Wildman–Crippen LogP) is 22.7. The van der Waals surface area contributed by atoms with Crippen molar-refractivity contribution in [1.29, 1.82) is 0 Å². The molecule has 0 heterocycles. The summed E-state index contributed by atoms with van der Waals surface area (Å²) in [6.07, 6.45) is 98.2. The summed E-state index contributed by atoms with van der Waals surface area (Å²) in [6, 6.07) is 0. The summed E-state index contributed by atoms with van der Waals surface area (Å²) in [5.74, 6) is -2.06. The first-order chi connectivity index (χ1) is 43.6. The van der Waals surface area contributed by atoms with Gasteiger partial charge in [-0.15, -0.1) is 0 Å². The van der Waals surface area contributed by atoms with Crippen LogP contribution in [0.4, 0.5) is 0 Å². The van der Waals surface area contributed by atoms with Crippen LogP contribution in [0.3, 0.4) is 0 Å². The van der Waals surface area contributed by atoms with Crippen LogP contribution in [0.1, 0.15) is 284 Å². The second-order valence-electron chi connectivity index (χ2n) is 24.8. The van der Waals surface area contributed by atoms with E-state index in [1.165, 1.54) is 141 Å². The van der Waals surface area contributed by atoms with Gasteiger partial charge in [0.1, 0.15) is 13.2 Å². The molecular formula is C80H134NO8+. The van der Waals surface area contributed by atoms with Crippen molar-refractivity contribution in [2.45, 2.75) is 296 Å². The molecule has 0 aliphatic carbocycles. The molecule has 2 atom stereocenters. The lowest BCUT2D eigenvalue weighted by atomic mass is 10.0. The third-order valence-corrected chi connectivity index (χ3v) is 15.1. The molecule has 0 bridgehead atoms. The normalized spacial score (nSPS) is 13.6. The molecule has 0 aliphatic heterocycles. The molecule has 0 spiro atoms. The predicted molar refractivity (Wildman–Crippen MR) is 382 cm³/mol. The number of ether oxygens (including phenoxy) is 4. The first-order valence-corrected chi connectivity index (χ1v) is 36.0. The number of aliphatic carboxylic acids is 1. The van der Waals surface area contributed by atoms with Gasteiger partial charge >= 0.3 is 17.9 Å². The van der Waals surface area contributed by atoms with Crippen LogP contribution in [0.2, 0.25) is 0 Å². The first kappa shape index (κ1) is 84.2. The Morgan fingerprint density at radius 1 is 0.348 bits per heavy atom. The molecule has 0 saturated carbocycles. The van der Waals surface area contributed by atoms with Gasteiger partial charge in [0.05, 0.1) is 34.4 Å². The van der Waals surface area contributed by atoms with Crippen molar-refractivity contribution in [3.63, 3.8) is 0 Å². The molecule has 0 rings (SSSR count). The summed E-state index contributed by atoms with van der Waals surface area (Å²) in [6.45, 7) is 4.72. The highest BCUT2D eigenvalue weighted by Crippen LogP contribution is 2.17. The van der Waals surface area contributed by atoms with Gasteiger partial charge in [-0.05, 0) is 122 Å². The quantitative estimate of drug-likeness (QED) is 0.0211. The van der Waals surface area contributed by atoms with Crippen LogP contribution in [0, 0.1) is 0 Å². The number of hydrogen-bond donors (Lipinski definition) is 1. The molecule has 1 N–H and O–H groups in total. The number of hydrogen-bond acceptors (Lipinski definition) is 7. The lowest BCUT2D eigenvalue weighted by Gasteiger charge is -2.25. The number of esters is 2. The molecule has 9 heteroatoms.